The fourth-order valence-corrected chi connectivity index (χ4v) is 2.56. The monoisotopic (exact) mass is 316 g/mol. The summed E-state index contributed by atoms with van der Waals surface area (Å²) < 4.78 is 12.6. The zero-order valence-electron chi connectivity index (χ0n) is 13.5. The van der Waals surface area contributed by atoms with Crippen LogP contribution in [0.4, 0.5) is 10.6 Å². The first-order valence-electron chi connectivity index (χ1n) is 7.42. The molecule has 1 aromatic carbocycles. The van der Waals surface area contributed by atoms with Crippen LogP contribution in [-0.2, 0) is 13.6 Å². The number of anilines is 1. The second-order valence-corrected chi connectivity index (χ2v) is 5.51. The molecule has 0 radical (unpaired) electrons. The van der Waals surface area contributed by atoms with Crippen LogP contribution >= 0.6 is 0 Å². The van der Waals surface area contributed by atoms with E-state index in [4.69, 9.17) is 9.47 Å². The maximum absolute atomic E-state index is 12.5. The zero-order valence-corrected chi connectivity index (χ0v) is 13.5. The lowest BCUT2D eigenvalue weighted by molar-refractivity contribution is 0.200. The zero-order chi connectivity index (χ0) is 16.4. The molecule has 7 heteroatoms. The molecule has 7 nitrogen and oxygen atoms in total. The maximum Gasteiger partial charge on any atom is 0.323 e. The molecule has 2 heterocycles. The highest BCUT2D eigenvalue weighted by molar-refractivity contribution is 5.89. The Morgan fingerprint density at radius 1 is 1.43 bits per heavy atom. The van der Waals surface area contributed by atoms with E-state index in [9.17, 15) is 4.79 Å². The Balaban J connectivity index is 1.75. The van der Waals surface area contributed by atoms with Crippen LogP contribution in [0.1, 0.15) is 11.1 Å². The summed E-state index contributed by atoms with van der Waals surface area (Å²) in [4.78, 5) is 14.2. The Morgan fingerprint density at radius 3 is 2.96 bits per heavy atom. The van der Waals surface area contributed by atoms with E-state index in [-0.39, 0.29) is 6.03 Å². The number of hydrogen-bond donors (Lipinski definition) is 1. The standard InChI is InChI=1S/C16H20N4O3/c1-11-9-19(2)18-15(11)17-16(21)20-6-7-23-14-8-13(22-3)5-4-12(14)10-20/h4-5,8-9H,6-7,10H2,1-3H3,(H,17,18,21). The summed E-state index contributed by atoms with van der Waals surface area (Å²) in [6.45, 7) is 3.34. The number of carbonyl (C=O) groups excluding carboxylic acids is 1. The van der Waals surface area contributed by atoms with Gasteiger partial charge in [0.15, 0.2) is 5.82 Å². The number of hydrogen-bond acceptors (Lipinski definition) is 4. The van der Waals surface area contributed by atoms with Gasteiger partial charge in [0.2, 0.25) is 0 Å². The average molecular weight is 316 g/mol. The molecule has 2 amide bonds. The Morgan fingerprint density at radius 2 is 2.26 bits per heavy atom. The van der Waals surface area contributed by atoms with Crippen molar-refractivity contribution in [1.82, 2.24) is 14.7 Å². The van der Waals surface area contributed by atoms with Crippen LogP contribution in [0.25, 0.3) is 0 Å². The third-order valence-electron chi connectivity index (χ3n) is 3.78. The Labute approximate surface area is 134 Å². The fraction of sp³-hybridized carbons (Fsp3) is 0.375. The van der Waals surface area contributed by atoms with Crippen molar-refractivity contribution in [1.29, 1.82) is 0 Å². The van der Waals surface area contributed by atoms with Gasteiger partial charge in [0.25, 0.3) is 0 Å². The molecular formula is C16H20N4O3. The van der Waals surface area contributed by atoms with Crippen LogP contribution in [0.2, 0.25) is 0 Å². The normalized spacial score (nSPS) is 13.8. The summed E-state index contributed by atoms with van der Waals surface area (Å²) in [6, 6.07) is 5.46. The van der Waals surface area contributed by atoms with Gasteiger partial charge in [-0.3, -0.25) is 10.00 Å². The van der Waals surface area contributed by atoms with E-state index in [1.165, 1.54) is 0 Å². The molecule has 3 rings (SSSR count). The van der Waals surface area contributed by atoms with Crippen molar-refractivity contribution in [2.75, 3.05) is 25.6 Å². The van der Waals surface area contributed by atoms with Gasteiger partial charge in [-0.2, -0.15) is 5.10 Å². The van der Waals surface area contributed by atoms with Crippen LogP contribution in [0.5, 0.6) is 11.5 Å². The number of fused-ring (bicyclic) bond motifs is 1. The fourth-order valence-electron chi connectivity index (χ4n) is 2.56. The van der Waals surface area contributed by atoms with Crippen LogP contribution in [0.15, 0.2) is 24.4 Å². The highest BCUT2D eigenvalue weighted by atomic mass is 16.5. The number of benzene rings is 1. The number of aryl methyl sites for hydroxylation is 2. The summed E-state index contributed by atoms with van der Waals surface area (Å²) in [5.74, 6) is 2.08. The summed E-state index contributed by atoms with van der Waals surface area (Å²) in [5, 5.41) is 7.10. The number of nitrogens with zero attached hydrogens (tertiary/aromatic N) is 3. The first kappa shape index (κ1) is 15.2. The first-order chi connectivity index (χ1) is 11.1. The minimum absolute atomic E-state index is 0.181. The minimum atomic E-state index is -0.181. The Kier molecular flexibility index (Phi) is 4.10. The number of methoxy groups -OCH3 is 1. The van der Waals surface area contributed by atoms with E-state index in [0.717, 1.165) is 22.6 Å². The summed E-state index contributed by atoms with van der Waals surface area (Å²) in [7, 11) is 3.44. The third kappa shape index (κ3) is 3.23. The number of aromatic nitrogens is 2. The molecule has 0 atom stereocenters. The molecule has 122 valence electrons. The van der Waals surface area contributed by atoms with Gasteiger partial charge in [0.05, 0.1) is 20.2 Å². The van der Waals surface area contributed by atoms with E-state index >= 15 is 0 Å². The van der Waals surface area contributed by atoms with Crippen molar-refractivity contribution in [3.05, 3.63) is 35.5 Å². The topological polar surface area (TPSA) is 68.6 Å². The van der Waals surface area contributed by atoms with Gasteiger partial charge in [-0.05, 0) is 19.1 Å². The smallest absolute Gasteiger partial charge is 0.323 e. The quantitative estimate of drug-likeness (QED) is 0.922. The first-order valence-corrected chi connectivity index (χ1v) is 7.42. The molecule has 0 spiro atoms. The lowest BCUT2D eigenvalue weighted by atomic mass is 10.2. The van der Waals surface area contributed by atoms with Crippen molar-refractivity contribution in [3.8, 4) is 11.5 Å². The highest BCUT2D eigenvalue weighted by Crippen LogP contribution is 2.28. The maximum atomic E-state index is 12.5. The van der Waals surface area contributed by atoms with E-state index in [2.05, 4.69) is 10.4 Å². The SMILES string of the molecule is COc1ccc2c(c1)OCCN(C(=O)Nc1nn(C)cc1C)C2. The number of carbonyl (C=O) groups is 1. The number of urea groups is 1. The van der Waals surface area contributed by atoms with Gasteiger partial charge in [0, 0.05) is 30.4 Å². The molecule has 0 saturated heterocycles. The molecule has 23 heavy (non-hydrogen) atoms. The molecule has 1 aliphatic heterocycles. The van der Waals surface area contributed by atoms with Crippen LogP contribution < -0.4 is 14.8 Å². The van der Waals surface area contributed by atoms with Gasteiger partial charge in [0.1, 0.15) is 18.1 Å². The van der Waals surface area contributed by atoms with E-state index < -0.39 is 0 Å². The van der Waals surface area contributed by atoms with Gasteiger partial charge in [-0.1, -0.05) is 0 Å². The summed E-state index contributed by atoms with van der Waals surface area (Å²) >= 11 is 0. The Bertz CT molecular complexity index is 726. The van der Waals surface area contributed by atoms with Gasteiger partial charge in [-0.25, -0.2) is 4.79 Å². The Hall–Kier alpha value is -2.70. The van der Waals surface area contributed by atoms with Crippen molar-refractivity contribution < 1.29 is 14.3 Å². The van der Waals surface area contributed by atoms with Crippen molar-refractivity contribution in [2.24, 2.45) is 7.05 Å². The second-order valence-electron chi connectivity index (χ2n) is 5.51. The van der Waals surface area contributed by atoms with Crippen molar-refractivity contribution in [2.45, 2.75) is 13.5 Å². The predicted molar refractivity (Wildman–Crippen MR) is 85.9 cm³/mol. The van der Waals surface area contributed by atoms with Gasteiger partial charge < -0.3 is 14.4 Å². The number of nitrogens with one attached hydrogen (secondary N) is 1. The summed E-state index contributed by atoms with van der Waals surface area (Å²) in [5.41, 5.74) is 1.88. The van der Waals surface area contributed by atoms with Crippen molar-refractivity contribution in [3.63, 3.8) is 0 Å². The highest BCUT2D eigenvalue weighted by Gasteiger charge is 2.21. The molecule has 1 aliphatic rings. The summed E-state index contributed by atoms with van der Waals surface area (Å²) in [6.07, 6.45) is 1.86. The number of ether oxygens (including phenoxy) is 2. The predicted octanol–water partition coefficient (Wildman–Crippen LogP) is 2.16. The van der Waals surface area contributed by atoms with E-state index in [1.54, 1.807) is 16.7 Å². The van der Waals surface area contributed by atoms with Gasteiger partial charge in [-0.15, -0.1) is 0 Å². The van der Waals surface area contributed by atoms with Crippen LogP contribution in [0.3, 0.4) is 0 Å². The molecule has 1 N–H and O–H groups in total. The molecule has 1 aromatic heterocycles. The molecule has 2 aromatic rings. The van der Waals surface area contributed by atoms with Crippen molar-refractivity contribution >= 4 is 11.8 Å². The lowest BCUT2D eigenvalue weighted by Crippen LogP contribution is -2.36. The lowest BCUT2D eigenvalue weighted by Gasteiger charge is -2.20. The van der Waals surface area contributed by atoms with Gasteiger partial charge >= 0.3 is 6.03 Å². The number of rotatable bonds is 2. The molecular weight excluding hydrogens is 296 g/mol. The third-order valence-corrected chi connectivity index (χ3v) is 3.78. The molecule has 0 aliphatic carbocycles. The largest absolute Gasteiger partial charge is 0.497 e. The van der Waals surface area contributed by atoms with E-state index in [1.807, 2.05) is 38.4 Å². The van der Waals surface area contributed by atoms with Crippen LogP contribution in [-0.4, -0.2) is 41.0 Å². The second kappa shape index (κ2) is 6.20. The average Bonchev–Trinajstić information content (AvgIpc) is 2.74. The molecule has 0 fully saturated rings. The van der Waals surface area contributed by atoms with E-state index in [0.29, 0.717) is 25.5 Å². The molecule has 0 unspecified atom stereocenters. The number of amides is 2. The minimum Gasteiger partial charge on any atom is -0.497 e. The van der Waals surface area contributed by atoms with Crippen LogP contribution in [0, 0.1) is 6.92 Å². The molecule has 0 bridgehead atoms. The molecule has 0 saturated carbocycles.